The predicted molar refractivity (Wildman–Crippen MR) is 77.3 cm³/mol. The zero-order valence-electron chi connectivity index (χ0n) is 11.0. The lowest BCUT2D eigenvalue weighted by Crippen LogP contribution is -2.11. The van der Waals surface area contributed by atoms with E-state index < -0.39 is 0 Å². The van der Waals surface area contributed by atoms with E-state index in [4.69, 9.17) is 10.5 Å². The van der Waals surface area contributed by atoms with Gasteiger partial charge in [-0.1, -0.05) is 48.5 Å². The number of hydrogen-bond donors (Lipinski definition) is 1. The van der Waals surface area contributed by atoms with E-state index in [-0.39, 0.29) is 6.04 Å². The Kier molecular flexibility index (Phi) is 3.51. The molecule has 2 N–H and O–H groups in total. The molecule has 1 unspecified atom stereocenters. The Morgan fingerprint density at radius 3 is 2.74 bits per heavy atom. The van der Waals surface area contributed by atoms with E-state index in [0.29, 0.717) is 0 Å². The molecule has 0 aromatic heterocycles. The molecule has 98 valence electrons. The quantitative estimate of drug-likeness (QED) is 0.907. The fourth-order valence-electron chi connectivity index (χ4n) is 2.66. The van der Waals surface area contributed by atoms with E-state index in [1.54, 1.807) is 0 Å². The summed E-state index contributed by atoms with van der Waals surface area (Å²) in [6.45, 7) is 0.817. The average molecular weight is 253 g/mol. The summed E-state index contributed by atoms with van der Waals surface area (Å²) in [4.78, 5) is 0. The van der Waals surface area contributed by atoms with Crippen LogP contribution in [0.2, 0.25) is 0 Å². The van der Waals surface area contributed by atoms with Crippen molar-refractivity contribution in [3.8, 4) is 5.75 Å². The molecule has 2 nitrogen and oxygen atoms in total. The van der Waals surface area contributed by atoms with Gasteiger partial charge in [-0.15, -0.1) is 0 Å². The number of fused-ring (bicyclic) bond motifs is 1. The van der Waals surface area contributed by atoms with Crippen LogP contribution in [0.1, 0.15) is 29.2 Å². The number of benzene rings is 2. The van der Waals surface area contributed by atoms with Crippen molar-refractivity contribution in [3.05, 3.63) is 65.2 Å². The van der Waals surface area contributed by atoms with Crippen LogP contribution >= 0.6 is 0 Å². The normalized spacial score (nSPS) is 14.8. The summed E-state index contributed by atoms with van der Waals surface area (Å²) in [5.74, 6) is 1.10. The molecule has 1 heterocycles. The number of para-hydroxylation sites is 1. The maximum Gasteiger partial charge on any atom is 0.125 e. The van der Waals surface area contributed by atoms with Gasteiger partial charge in [0, 0.05) is 12.5 Å². The predicted octanol–water partition coefficient (Wildman–Crippen LogP) is 3.25. The van der Waals surface area contributed by atoms with Crippen LogP contribution in [0.4, 0.5) is 0 Å². The fourth-order valence-corrected chi connectivity index (χ4v) is 2.66. The van der Waals surface area contributed by atoms with Crippen LogP contribution in [0.15, 0.2) is 48.5 Å². The summed E-state index contributed by atoms with van der Waals surface area (Å²) in [7, 11) is 0. The standard InChI is InChI=1S/C17H19NO/c18-16(13-5-2-1-3-6-13)10-9-14-7-4-8-15-11-12-19-17(14)15/h1-8,16H,9-12,18H2. The molecule has 19 heavy (non-hydrogen) atoms. The van der Waals surface area contributed by atoms with Crippen molar-refractivity contribution < 1.29 is 4.74 Å². The van der Waals surface area contributed by atoms with Crippen LogP contribution in [-0.4, -0.2) is 6.61 Å². The lowest BCUT2D eigenvalue weighted by molar-refractivity contribution is 0.353. The summed E-state index contributed by atoms with van der Waals surface area (Å²) in [5, 5.41) is 0. The minimum absolute atomic E-state index is 0.0958. The van der Waals surface area contributed by atoms with Crippen molar-refractivity contribution in [2.45, 2.75) is 25.3 Å². The largest absolute Gasteiger partial charge is 0.493 e. The smallest absolute Gasteiger partial charge is 0.125 e. The van der Waals surface area contributed by atoms with E-state index in [1.165, 1.54) is 16.7 Å². The Balaban J connectivity index is 1.69. The highest BCUT2D eigenvalue weighted by Gasteiger charge is 2.16. The molecule has 2 heteroatoms. The van der Waals surface area contributed by atoms with Crippen LogP contribution < -0.4 is 10.5 Å². The van der Waals surface area contributed by atoms with E-state index in [9.17, 15) is 0 Å². The van der Waals surface area contributed by atoms with Crippen molar-refractivity contribution >= 4 is 0 Å². The molecule has 0 fully saturated rings. The van der Waals surface area contributed by atoms with Crippen LogP contribution in [0, 0.1) is 0 Å². The Hall–Kier alpha value is -1.80. The molecule has 0 radical (unpaired) electrons. The molecular formula is C17H19NO. The van der Waals surface area contributed by atoms with Crippen molar-refractivity contribution in [1.29, 1.82) is 0 Å². The highest BCUT2D eigenvalue weighted by molar-refractivity contribution is 5.44. The lowest BCUT2D eigenvalue weighted by atomic mass is 9.98. The second-order valence-electron chi connectivity index (χ2n) is 5.06. The molecule has 0 saturated heterocycles. The SMILES string of the molecule is NC(CCc1cccc2c1OCC2)c1ccccc1. The first-order chi connectivity index (χ1) is 9.34. The first-order valence-electron chi connectivity index (χ1n) is 6.88. The van der Waals surface area contributed by atoms with Gasteiger partial charge in [-0.3, -0.25) is 0 Å². The third-order valence-corrected chi connectivity index (χ3v) is 3.75. The van der Waals surface area contributed by atoms with Gasteiger partial charge in [0.05, 0.1) is 6.61 Å². The molecule has 0 saturated carbocycles. The topological polar surface area (TPSA) is 35.2 Å². The zero-order valence-corrected chi connectivity index (χ0v) is 11.0. The molecule has 0 aliphatic carbocycles. The number of nitrogens with two attached hydrogens (primary N) is 1. The van der Waals surface area contributed by atoms with E-state index in [0.717, 1.165) is 31.6 Å². The van der Waals surface area contributed by atoms with E-state index in [1.807, 2.05) is 18.2 Å². The van der Waals surface area contributed by atoms with Gasteiger partial charge in [0.25, 0.3) is 0 Å². The number of hydrogen-bond acceptors (Lipinski definition) is 2. The van der Waals surface area contributed by atoms with Gasteiger partial charge in [0.1, 0.15) is 5.75 Å². The second-order valence-corrected chi connectivity index (χ2v) is 5.06. The van der Waals surface area contributed by atoms with E-state index in [2.05, 4.69) is 30.3 Å². The van der Waals surface area contributed by atoms with Gasteiger partial charge >= 0.3 is 0 Å². The minimum atomic E-state index is 0.0958. The van der Waals surface area contributed by atoms with Crippen LogP contribution in [0.3, 0.4) is 0 Å². The molecule has 0 amide bonds. The monoisotopic (exact) mass is 253 g/mol. The Bertz CT molecular complexity index is 550. The lowest BCUT2D eigenvalue weighted by Gasteiger charge is -2.13. The molecule has 2 aromatic carbocycles. The molecule has 2 aromatic rings. The fraction of sp³-hybridized carbons (Fsp3) is 0.294. The Morgan fingerprint density at radius 1 is 1.05 bits per heavy atom. The second kappa shape index (κ2) is 5.45. The Labute approximate surface area is 114 Å². The molecule has 1 aliphatic rings. The first-order valence-corrected chi connectivity index (χ1v) is 6.88. The third-order valence-electron chi connectivity index (χ3n) is 3.75. The van der Waals surface area contributed by atoms with Gasteiger partial charge < -0.3 is 10.5 Å². The highest BCUT2D eigenvalue weighted by Crippen LogP contribution is 2.31. The van der Waals surface area contributed by atoms with Crippen molar-refractivity contribution in [3.63, 3.8) is 0 Å². The zero-order chi connectivity index (χ0) is 13.1. The number of aryl methyl sites for hydroxylation is 1. The van der Waals surface area contributed by atoms with Crippen molar-refractivity contribution in [2.75, 3.05) is 6.61 Å². The molecule has 1 atom stereocenters. The van der Waals surface area contributed by atoms with Gasteiger partial charge in [0.2, 0.25) is 0 Å². The molecule has 3 rings (SSSR count). The number of ether oxygens (including phenoxy) is 1. The van der Waals surface area contributed by atoms with Gasteiger partial charge in [-0.05, 0) is 29.5 Å². The molecule has 0 spiro atoms. The summed E-state index contributed by atoms with van der Waals surface area (Å²) >= 11 is 0. The van der Waals surface area contributed by atoms with Gasteiger partial charge in [-0.2, -0.15) is 0 Å². The summed E-state index contributed by atoms with van der Waals surface area (Å²) in [6.07, 6.45) is 2.96. The van der Waals surface area contributed by atoms with Crippen LogP contribution in [0.25, 0.3) is 0 Å². The average Bonchev–Trinajstić information content (AvgIpc) is 2.94. The number of rotatable bonds is 4. The maximum atomic E-state index is 6.25. The van der Waals surface area contributed by atoms with Crippen LogP contribution in [0.5, 0.6) is 5.75 Å². The molecular weight excluding hydrogens is 234 g/mol. The maximum absolute atomic E-state index is 6.25. The Morgan fingerprint density at radius 2 is 1.89 bits per heavy atom. The summed E-state index contributed by atoms with van der Waals surface area (Å²) < 4.78 is 5.73. The van der Waals surface area contributed by atoms with Crippen molar-refractivity contribution in [1.82, 2.24) is 0 Å². The van der Waals surface area contributed by atoms with Crippen molar-refractivity contribution in [2.24, 2.45) is 5.73 Å². The van der Waals surface area contributed by atoms with E-state index >= 15 is 0 Å². The summed E-state index contributed by atoms with van der Waals surface area (Å²) in [6, 6.07) is 16.8. The minimum Gasteiger partial charge on any atom is -0.493 e. The first kappa shape index (κ1) is 12.2. The third kappa shape index (κ3) is 2.64. The highest BCUT2D eigenvalue weighted by atomic mass is 16.5. The van der Waals surface area contributed by atoms with Gasteiger partial charge in [0.15, 0.2) is 0 Å². The van der Waals surface area contributed by atoms with Crippen LogP contribution in [-0.2, 0) is 12.8 Å². The van der Waals surface area contributed by atoms with Gasteiger partial charge in [-0.25, -0.2) is 0 Å². The molecule has 0 bridgehead atoms. The molecule has 1 aliphatic heterocycles. The summed E-state index contributed by atoms with van der Waals surface area (Å²) in [5.41, 5.74) is 10.1.